The zero-order valence-electron chi connectivity index (χ0n) is 16.9. The Kier molecular flexibility index (Phi) is 4.82. The molecule has 2 nitrogen and oxygen atoms in total. The van der Waals surface area contributed by atoms with Crippen LogP contribution in [-0.4, -0.2) is 4.57 Å². The van der Waals surface area contributed by atoms with Gasteiger partial charge in [0.15, 0.2) is 0 Å². The third-order valence-electron chi connectivity index (χ3n) is 5.44. The predicted octanol–water partition coefficient (Wildman–Crippen LogP) is 6.11. The quantitative estimate of drug-likeness (QED) is 0.463. The van der Waals surface area contributed by atoms with Crippen LogP contribution in [0.5, 0.6) is 0 Å². The molecule has 2 N–H and O–H groups in total. The van der Waals surface area contributed by atoms with E-state index in [1.807, 2.05) is 0 Å². The van der Waals surface area contributed by atoms with Crippen LogP contribution in [-0.2, 0) is 18.5 Å². The summed E-state index contributed by atoms with van der Waals surface area (Å²) in [4.78, 5) is 0. The number of rotatable bonds is 4. The molecule has 0 aliphatic rings. The number of fused-ring (bicyclic) bond motifs is 1. The van der Waals surface area contributed by atoms with Crippen LogP contribution < -0.4 is 5.73 Å². The fourth-order valence-corrected chi connectivity index (χ4v) is 3.70. The van der Waals surface area contributed by atoms with E-state index < -0.39 is 0 Å². The van der Waals surface area contributed by atoms with Gasteiger partial charge in [0.05, 0.1) is 0 Å². The Bertz CT molecular complexity index is 1100. The maximum absolute atomic E-state index is 5.79. The maximum atomic E-state index is 5.79. The summed E-state index contributed by atoms with van der Waals surface area (Å²) in [6.07, 6.45) is 2.18. The van der Waals surface area contributed by atoms with Gasteiger partial charge in [-0.1, -0.05) is 69.3 Å². The monoisotopic (exact) mass is 368 g/mol. The largest absolute Gasteiger partial charge is 0.343 e. The minimum atomic E-state index is 0.191. The van der Waals surface area contributed by atoms with Crippen molar-refractivity contribution < 1.29 is 0 Å². The first-order valence-electron chi connectivity index (χ1n) is 9.92. The number of aromatic nitrogens is 1. The van der Waals surface area contributed by atoms with E-state index in [9.17, 15) is 0 Å². The van der Waals surface area contributed by atoms with E-state index in [1.165, 1.54) is 33.2 Å². The molecule has 3 aromatic carbocycles. The predicted molar refractivity (Wildman–Crippen MR) is 120 cm³/mol. The van der Waals surface area contributed by atoms with E-state index in [0.29, 0.717) is 6.54 Å². The fourth-order valence-electron chi connectivity index (χ4n) is 3.70. The normalized spacial score (nSPS) is 11.9. The van der Waals surface area contributed by atoms with Crippen LogP contribution in [0.15, 0.2) is 79.0 Å². The van der Waals surface area contributed by atoms with Crippen LogP contribution in [0.3, 0.4) is 0 Å². The molecule has 0 spiro atoms. The summed E-state index contributed by atoms with van der Waals surface area (Å²) in [5.41, 5.74) is 13.6. The lowest BCUT2D eigenvalue weighted by Gasteiger charge is -2.19. The molecule has 1 aromatic heterocycles. The van der Waals surface area contributed by atoms with Crippen molar-refractivity contribution in [3.63, 3.8) is 0 Å². The van der Waals surface area contributed by atoms with Crippen molar-refractivity contribution in [2.45, 2.75) is 39.3 Å². The van der Waals surface area contributed by atoms with E-state index in [4.69, 9.17) is 5.73 Å². The average molecular weight is 369 g/mol. The van der Waals surface area contributed by atoms with Gasteiger partial charge >= 0.3 is 0 Å². The summed E-state index contributed by atoms with van der Waals surface area (Å²) in [7, 11) is 0. The lowest BCUT2D eigenvalue weighted by molar-refractivity contribution is 0.590. The van der Waals surface area contributed by atoms with Gasteiger partial charge in [0.2, 0.25) is 0 Å². The van der Waals surface area contributed by atoms with Gasteiger partial charge in [0, 0.05) is 30.2 Å². The van der Waals surface area contributed by atoms with Gasteiger partial charge in [-0.25, -0.2) is 0 Å². The lowest BCUT2D eigenvalue weighted by Crippen LogP contribution is -2.10. The van der Waals surface area contributed by atoms with Crippen molar-refractivity contribution in [2.24, 2.45) is 5.73 Å². The first kappa shape index (κ1) is 18.5. The van der Waals surface area contributed by atoms with Crippen LogP contribution in [0.4, 0.5) is 0 Å². The molecular weight excluding hydrogens is 340 g/mol. The third kappa shape index (κ3) is 3.74. The van der Waals surface area contributed by atoms with Crippen molar-refractivity contribution in [3.8, 4) is 11.1 Å². The Hall–Kier alpha value is -2.84. The second-order valence-corrected chi connectivity index (χ2v) is 8.57. The highest BCUT2D eigenvalue weighted by atomic mass is 14.9. The van der Waals surface area contributed by atoms with E-state index in [2.05, 4.69) is 104 Å². The number of hydrogen-bond donors (Lipinski definition) is 1. The van der Waals surface area contributed by atoms with Gasteiger partial charge in [-0.05, 0) is 57.5 Å². The molecular formula is C26H28N2. The van der Waals surface area contributed by atoms with Crippen LogP contribution in [0, 0.1) is 0 Å². The summed E-state index contributed by atoms with van der Waals surface area (Å²) in [5.74, 6) is 0. The molecule has 0 saturated carbocycles. The van der Waals surface area contributed by atoms with Gasteiger partial charge in [0.25, 0.3) is 0 Å². The minimum Gasteiger partial charge on any atom is -0.343 e. The molecule has 1 heterocycles. The summed E-state index contributed by atoms with van der Waals surface area (Å²) in [5, 5.41) is 1.27. The minimum absolute atomic E-state index is 0.191. The Morgan fingerprint density at radius 1 is 0.786 bits per heavy atom. The summed E-state index contributed by atoms with van der Waals surface area (Å²) >= 11 is 0. The lowest BCUT2D eigenvalue weighted by atomic mass is 9.87. The first-order chi connectivity index (χ1) is 13.4. The number of hydrogen-bond acceptors (Lipinski definition) is 1. The molecule has 0 saturated heterocycles. The maximum Gasteiger partial charge on any atom is 0.0483 e. The average Bonchev–Trinajstić information content (AvgIpc) is 3.10. The smallest absolute Gasteiger partial charge is 0.0483 e. The van der Waals surface area contributed by atoms with Gasteiger partial charge in [0.1, 0.15) is 0 Å². The highest BCUT2D eigenvalue weighted by Gasteiger charge is 2.13. The molecule has 0 aliphatic carbocycles. The Morgan fingerprint density at radius 2 is 1.54 bits per heavy atom. The summed E-state index contributed by atoms with van der Waals surface area (Å²) < 4.78 is 2.32. The number of nitrogens with zero attached hydrogens (tertiary/aromatic N) is 1. The highest BCUT2D eigenvalue weighted by Crippen LogP contribution is 2.27. The molecule has 0 amide bonds. The van der Waals surface area contributed by atoms with E-state index >= 15 is 0 Å². The van der Waals surface area contributed by atoms with Crippen LogP contribution in [0.25, 0.3) is 22.0 Å². The Balaban J connectivity index is 1.61. The first-order valence-corrected chi connectivity index (χ1v) is 9.92. The highest BCUT2D eigenvalue weighted by molar-refractivity contribution is 5.85. The Morgan fingerprint density at radius 3 is 2.25 bits per heavy atom. The molecule has 0 bridgehead atoms. The van der Waals surface area contributed by atoms with Gasteiger partial charge in [-0.15, -0.1) is 0 Å². The van der Waals surface area contributed by atoms with Crippen molar-refractivity contribution >= 4 is 10.9 Å². The molecule has 0 aliphatic heterocycles. The van der Waals surface area contributed by atoms with Crippen molar-refractivity contribution in [1.82, 2.24) is 4.57 Å². The SMILES string of the molecule is CC(C)(C)c1ccc(Cn2ccc3cc(-c4cccc(CN)c4)ccc32)cc1. The van der Waals surface area contributed by atoms with Crippen molar-refractivity contribution in [3.05, 3.63) is 95.7 Å². The third-order valence-corrected chi connectivity index (χ3v) is 5.44. The van der Waals surface area contributed by atoms with Gasteiger partial charge in [-0.3, -0.25) is 0 Å². The van der Waals surface area contributed by atoms with Gasteiger partial charge < -0.3 is 10.3 Å². The van der Waals surface area contributed by atoms with E-state index in [-0.39, 0.29) is 5.41 Å². The topological polar surface area (TPSA) is 30.9 Å². The van der Waals surface area contributed by atoms with E-state index in [0.717, 1.165) is 12.1 Å². The summed E-state index contributed by atoms with van der Waals surface area (Å²) in [6.45, 7) is 8.21. The van der Waals surface area contributed by atoms with Gasteiger partial charge in [-0.2, -0.15) is 0 Å². The molecule has 0 fully saturated rings. The molecule has 28 heavy (non-hydrogen) atoms. The molecule has 4 rings (SSSR count). The molecule has 0 atom stereocenters. The standard InChI is InChI=1S/C26H28N2/c1-26(2,3)24-10-7-19(8-11-24)18-28-14-13-23-16-22(9-12-25(23)28)21-6-4-5-20(15-21)17-27/h4-16H,17-18,27H2,1-3H3. The van der Waals surface area contributed by atoms with Crippen LogP contribution >= 0.6 is 0 Å². The number of nitrogens with two attached hydrogens (primary N) is 1. The van der Waals surface area contributed by atoms with E-state index in [1.54, 1.807) is 0 Å². The fraction of sp³-hybridized carbons (Fsp3) is 0.231. The zero-order chi connectivity index (χ0) is 19.7. The van der Waals surface area contributed by atoms with Crippen molar-refractivity contribution in [2.75, 3.05) is 0 Å². The number of benzene rings is 3. The van der Waals surface area contributed by atoms with Crippen LogP contribution in [0.1, 0.15) is 37.5 Å². The summed E-state index contributed by atoms with van der Waals surface area (Å²) in [6, 6.07) is 26.4. The molecule has 0 unspecified atom stereocenters. The second kappa shape index (κ2) is 7.29. The van der Waals surface area contributed by atoms with Crippen molar-refractivity contribution in [1.29, 1.82) is 0 Å². The molecule has 142 valence electrons. The molecule has 0 radical (unpaired) electrons. The Labute approximate surface area is 167 Å². The second-order valence-electron chi connectivity index (χ2n) is 8.57. The molecule has 2 heteroatoms. The zero-order valence-corrected chi connectivity index (χ0v) is 16.9. The molecule has 4 aromatic rings. The van der Waals surface area contributed by atoms with Crippen LogP contribution in [0.2, 0.25) is 0 Å².